The minimum absolute atomic E-state index is 0.250. The van der Waals surface area contributed by atoms with Crippen LogP contribution >= 0.6 is 12.2 Å². The van der Waals surface area contributed by atoms with Crippen molar-refractivity contribution in [2.24, 2.45) is 7.05 Å². The van der Waals surface area contributed by atoms with Crippen molar-refractivity contribution >= 4 is 23.2 Å². The van der Waals surface area contributed by atoms with Crippen molar-refractivity contribution in [2.75, 3.05) is 0 Å². The molecule has 1 amide bonds. The number of aromatic nitrogens is 4. The number of benzene rings is 2. The third-order valence-electron chi connectivity index (χ3n) is 4.81. The Morgan fingerprint density at radius 2 is 1.68 bits per heavy atom. The van der Waals surface area contributed by atoms with E-state index in [2.05, 4.69) is 20.8 Å². The predicted octanol–water partition coefficient (Wildman–Crippen LogP) is 3.39. The van der Waals surface area contributed by atoms with Gasteiger partial charge in [-0.05, 0) is 31.3 Å². The molecule has 8 heteroatoms. The maximum atomic E-state index is 13.1. The van der Waals surface area contributed by atoms with Crippen LogP contribution in [-0.4, -0.2) is 30.6 Å². The molecular weight excluding hydrogens is 408 g/mol. The lowest BCUT2D eigenvalue weighted by Crippen LogP contribution is -2.39. The Morgan fingerprint density at radius 3 is 2.32 bits per heavy atom. The molecule has 31 heavy (non-hydrogen) atoms. The van der Waals surface area contributed by atoms with E-state index in [0.29, 0.717) is 17.8 Å². The number of hydrogen-bond donors (Lipinski definition) is 2. The van der Waals surface area contributed by atoms with Gasteiger partial charge in [-0.15, -0.1) is 0 Å². The summed E-state index contributed by atoms with van der Waals surface area (Å²) in [6, 6.07) is 19.3. The van der Waals surface area contributed by atoms with Gasteiger partial charge in [0.05, 0.1) is 16.9 Å². The molecule has 2 aromatic heterocycles. The largest absolute Gasteiger partial charge is 0.358 e. The number of amides is 1. The molecule has 0 spiro atoms. The highest BCUT2D eigenvalue weighted by Crippen LogP contribution is 2.23. The SMILES string of the molecule is Cc1nn(C)cc1CNC(=S)NC(=O)c1cn(-c2ccccc2)nc1-c1ccccc1. The monoisotopic (exact) mass is 430 g/mol. The second-order valence-corrected chi connectivity index (χ2v) is 7.50. The van der Waals surface area contributed by atoms with E-state index in [9.17, 15) is 4.79 Å². The maximum Gasteiger partial charge on any atom is 0.261 e. The number of carbonyl (C=O) groups is 1. The van der Waals surface area contributed by atoms with E-state index < -0.39 is 0 Å². The number of para-hydroxylation sites is 1. The second kappa shape index (κ2) is 8.93. The third kappa shape index (κ3) is 4.70. The van der Waals surface area contributed by atoms with Gasteiger partial charge in [0.1, 0.15) is 5.69 Å². The van der Waals surface area contributed by atoms with Crippen LogP contribution in [0.5, 0.6) is 0 Å². The summed E-state index contributed by atoms with van der Waals surface area (Å²) < 4.78 is 3.45. The molecule has 0 aliphatic rings. The predicted molar refractivity (Wildman–Crippen MR) is 124 cm³/mol. The van der Waals surface area contributed by atoms with E-state index in [1.54, 1.807) is 15.6 Å². The van der Waals surface area contributed by atoms with Gasteiger partial charge in [-0.3, -0.25) is 14.8 Å². The van der Waals surface area contributed by atoms with E-state index in [0.717, 1.165) is 22.5 Å². The molecule has 156 valence electrons. The molecule has 0 aliphatic carbocycles. The Labute approximate surface area is 185 Å². The van der Waals surface area contributed by atoms with E-state index in [1.807, 2.05) is 80.8 Å². The molecule has 0 fully saturated rings. The van der Waals surface area contributed by atoms with Crippen molar-refractivity contribution < 1.29 is 4.79 Å². The molecular formula is C23H22N6OS. The standard InChI is InChI=1S/C23H22N6OS/c1-16-18(14-28(2)26-16)13-24-23(31)25-22(30)20-15-29(19-11-7-4-8-12-19)27-21(20)17-9-5-3-6-10-17/h3-12,14-15H,13H2,1-2H3,(H2,24,25,30,31). The zero-order valence-electron chi connectivity index (χ0n) is 17.2. The molecule has 0 radical (unpaired) electrons. The molecule has 4 aromatic rings. The van der Waals surface area contributed by atoms with Crippen LogP contribution in [0.3, 0.4) is 0 Å². The number of nitrogens with zero attached hydrogens (tertiary/aromatic N) is 4. The van der Waals surface area contributed by atoms with Crippen LogP contribution in [0.2, 0.25) is 0 Å². The molecule has 7 nitrogen and oxygen atoms in total. The Kier molecular flexibility index (Phi) is 5.90. The smallest absolute Gasteiger partial charge is 0.261 e. The van der Waals surface area contributed by atoms with Crippen LogP contribution in [0, 0.1) is 6.92 Å². The second-order valence-electron chi connectivity index (χ2n) is 7.09. The summed E-state index contributed by atoms with van der Waals surface area (Å²) in [6.45, 7) is 2.41. The fourth-order valence-electron chi connectivity index (χ4n) is 3.27. The first-order chi connectivity index (χ1) is 15.0. The Balaban J connectivity index is 1.55. The molecule has 2 N–H and O–H groups in total. The van der Waals surface area contributed by atoms with Crippen molar-refractivity contribution in [1.29, 1.82) is 0 Å². The van der Waals surface area contributed by atoms with Gasteiger partial charge in [0, 0.05) is 37.1 Å². The van der Waals surface area contributed by atoms with Gasteiger partial charge >= 0.3 is 0 Å². The van der Waals surface area contributed by atoms with Crippen LogP contribution in [0.4, 0.5) is 0 Å². The summed E-state index contributed by atoms with van der Waals surface area (Å²) >= 11 is 5.34. The fourth-order valence-corrected chi connectivity index (χ4v) is 3.44. The van der Waals surface area contributed by atoms with Crippen LogP contribution < -0.4 is 10.6 Å². The zero-order valence-corrected chi connectivity index (χ0v) is 18.1. The van der Waals surface area contributed by atoms with Crippen LogP contribution in [0.25, 0.3) is 16.9 Å². The number of nitrogens with one attached hydrogen (secondary N) is 2. The van der Waals surface area contributed by atoms with Crippen LogP contribution in [-0.2, 0) is 13.6 Å². The average Bonchev–Trinajstić information content (AvgIpc) is 3.36. The van der Waals surface area contributed by atoms with Gasteiger partial charge < -0.3 is 5.32 Å². The summed E-state index contributed by atoms with van der Waals surface area (Å²) in [5, 5.41) is 15.1. The van der Waals surface area contributed by atoms with Crippen LogP contribution in [0.1, 0.15) is 21.6 Å². The fraction of sp³-hybridized carbons (Fsp3) is 0.130. The lowest BCUT2D eigenvalue weighted by molar-refractivity contribution is 0.0977. The normalized spacial score (nSPS) is 10.6. The van der Waals surface area contributed by atoms with Crippen molar-refractivity contribution in [3.8, 4) is 16.9 Å². The van der Waals surface area contributed by atoms with Crippen molar-refractivity contribution in [2.45, 2.75) is 13.5 Å². The molecule has 4 rings (SSSR count). The van der Waals surface area contributed by atoms with E-state index in [1.165, 1.54) is 0 Å². The van der Waals surface area contributed by atoms with Crippen molar-refractivity contribution in [3.63, 3.8) is 0 Å². The first-order valence-corrected chi connectivity index (χ1v) is 10.2. The minimum Gasteiger partial charge on any atom is -0.358 e. The van der Waals surface area contributed by atoms with Crippen molar-refractivity contribution in [3.05, 3.63) is 89.9 Å². The molecule has 2 heterocycles. The summed E-state index contributed by atoms with van der Waals surface area (Å²) in [7, 11) is 1.87. The van der Waals surface area contributed by atoms with Crippen LogP contribution in [0.15, 0.2) is 73.1 Å². The van der Waals surface area contributed by atoms with Gasteiger partial charge in [0.2, 0.25) is 0 Å². The minimum atomic E-state index is -0.318. The van der Waals surface area contributed by atoms with E-state index in [-0.39, 0.29) is 11.0 Å². The summed E-state index contributed by atoms with van der Waals surface area (Å²) in [6.07, 6.45) is 3.64. The Morgan fingerprint density at radius 1 is 1.00 bits per heavy atom. The number of thiocarbonyl (C=S) groups is 1. The third-order valence-corrected chi connectivity index (χ3v) is 5.05. The molecule has 0 aliphatic heterocycles. The molecule has 0 atom stereocenters. The van der Waals surface area contributed by atoms with Gasteiger partial charge in [0.15, 0.2) is 5.11 Å². The van der Waals surface area contributed by atoms with Gasteiger partial charge in [-0.1, -0.05) is 48.5 Å². The van der Waals surface area contributed by atoms with E-state index >= 15 is 0 Å². The first-order valence-electron chi connectivity index (χ1n) is 9.80. The lowest BCUT2D eigenvalue weighted by atomic mass is 10.1. The average molecular weight is 431 g/mol. The number of rotatable bonds is 5. The van der Waals surface area contributed by atoms with Gasteiger partial charge in [0.25, 0.3) is 5.91 Å². The zero-order chi connectivity index (χ0) is 21.8. The summed E-state index contributed by atoms with van der Waals surface area (Å²) in [5.41, 5.74) is 4.68. The number of aryl methyl sites for hydroxylation is 2. The van der Waals surface area contributed by atoms with E-state index in [4.69, 9.17) is 12.2 Å². The van der Waals surface area contributed by atoms with Crippen molar-refractivity contribution in [1.82, 2.24) is 30.2 Å². The quantitative estimate of drug-likeness (QED) is 0.475. The molecule has 0 saturated carbocycles. The Bertz CT molecular complexity index is 1210. The Hall–Kier alpha value is -3.78. The number of hydrogen-bond acceptors (Lipinski definition) is 4. The molecule has 0 bridgehead atoms. The van der Waals surface area contributed by atoms with Gasteiger partial charge in [-0.25, -0.2) is 4.68 Å². The molecule has 0 saturated heterocycles. The first kappa shape index (κ1) is 20.5. The highest BCUT2D eigenvalue weighted by Gasteiger charge is 2.19. The highest BCUT2D eigenvalue weighted by atomic mass is 32.1. The number of carbonyl (C=O) groups excluding carboxylic acids is 1. The van der Waals surface area contributed by atoms with Gasteiger partial charge in [-0.2, -0.15) is 10.2 Å². The highest BCUT2D eigenvalue weighted by molar-refractivity contribution is 7.80. The summed E-state index contributed by atoms with van der Waals surface area (Å²) in [4.78, 5) is 13.1. The summed E-state index contributed by atoms with van der Waals surface area (Å²) in [5.74, 6) is -0.318. The lowest BCUT2D eigenvalue weighted by Gasteiger charge is -2.09. The topological polar surface area (TPSA) is 76.8 Å². The maximum absolute atomic E-state index is 13.1. The molecule has 0 unspecified atom stereocenters. The molecule has 2 aromatic carbocycles.